The van der Waals surface area contributed by atoms with E-state index in [0.29, 0.717) is 5.56 Å². The zero-order valence-corrected chi connectivity index (χ0v) is 14.8. The highest BCUT2D eigenvalue weighted by atomic mass is 19.1. The van der Waals surface area contributed by atoms with Crippen molar-refractivity contribution in [3.63, 3.8) is 0 Å². The van der Waals surface area contributed by atoms with Crippen LogP contribution < -0.4 is 5.32 Å². The van der Waals surface area contributed by atoms with Crippen LogP contribution >= 0.6 is 0 Å². The number of hydrogen-bond acceptors (Lipinski definition) is 4. The fourth-order valence-corrected chi connectivity index (χ4v) is 3.07. The number of carbonyl (C=O) groups excluding carboxylic acids is 3. The first kappa shape index (κ1) is 18.8. The van der Waals surface area contributed by atoms with Gasteiger partial charge in [0, 0.05) is 12.0 Å². The van der Waals surface area contributed by atoms with Gasteiger partial charge in [0.05, 0.1) is 12.1 Å². The van der Waals surface area contributed by atoms with Gasteiger partial charge in [-0.15, -0.1) is 0 Å². The Hall–Kier alpha value is -3.02. The van der Waals surface area contributed by atoms with Gasteiger partial charge >= 0.3 is 5.97 Å². The number of carbonyl (C=O) groups is 3. The third-order valence-electron chi connectivity index (χ3n) is 4.49. The number of amides is 1. The summed E-state index contributed by atoms with van der Waals surface area (Å²) in [5, 5.41) is 2.32. The molecule has 0 bridgehead atoms. The van der Waals surface area contributed by atoms with Crippen LogP contribution in [0.4, 0.5) is 10.1 Å². The number of rotatable bonds is 7. The van der Waals surface area contributed by atoms with Gasteiger partial charge in [-0.25, -0.2) is 4.39 Å². The van der Waals surface area contributed by atoms with Gasteiger partial charge in [-0.2, -0.15) is 0 Å². The molecular formula is C21H20FNO4. The zero-order valence-electron chi connectivity index (χ0n) is 14.8. The minimum atomic E-state index is -0.645. The Morgan fingerprint density at radius 3 is 2.59 bits per heavy atom. The Balaban J connectivity index is 1.42. The number of halogens is 1. The van der Waals surface area contributed by atoms with Crippen molar-refractivity contribution in [2.75, 3.05) is 11.9 Å². The molecule has 5 nitrogen and oxygen atoms in total. The van der Waals surface area contributed by atoms with Crippen molar-refractivity contribution in [2.45, 2.75) is 32.1 Å². The fraction of sp³-hybridized carbons (Fsp3) is 0.286. The second-order valence-corrected chi connectivity index (χ2v) is 6.45. The van der Waals surface area contributed by atoms with Crippen molar-refractivity contribution in [1.29, 1.82) is 0 Å². The summed E-state index contributed by atoms with van der Waals surface area (Å²) in [5.74, 6) is -1.99. The molecule has 1 aliphatic carbocycles. The van der Waals surface area contributed by atoms with Gasteiger partial charge in [0.2, 0.25) is 0 Å². The number of fused-ring (bicyclic) bond motifs is 1. The standard InChI is InChI=1S/C21H20FNO4/c22-17-6-1-2-7-18(17)23-20(25)13-27-21(26)11-10-19(24)16-9-8-14-4-3-5-15(14)12-16/h1-2,6-9,12H,3-5,10-11,13H2,(H,23,25). The lowest BCUT2D eigenvalue weighted by atomic mass is 10.0. The first-order valence-corrected chi connectivity index (χ1v) is 8.88. The molecule has 140 valence electrons. The Kier molecular flexibility index (Phi) is 5.96. The van der Waals surface area contributed by atoms with Crippen LogP contribution in [0.3, 0.4) is 0 Å². The van der Waals surface area contributed by atoms with E-state index in [0.717, 1.165) is 19.3 Å². The molecule has 0 atom stereocenters. The van der Waals surface area contributed by atoms with Gasteiger partial charge in [0.15, 0.2) is 12.4 Å². The van der Waals surface area contributed by atoms with Gasteiger partial charge in [0.25, 0.3) is 5.91 Å². The van der Waals surface area contributed by atoms with Gasteiger partial charge in [-0.1, -0.05) is 24.3 Å². The fourth-order valence-electron chi connectivity index (χ4n) is 3.07. The number of hydrogen-bond donors (Lipinski definition) is 1. The maximum Gasteiger partial charge on any atom is 0.306 e. The van der Waals surface area contributed by atoms with Crippen LogP contribution in [0.5, 0.6) is 0 Å². The van der Waals surface area contributed by atoms with Gasteiger partial charge in [-0.3, -0.25) is 14.4 Å². The lowest BCUT2D eigenvalue weighted by Crippen LogP contribution is -2.21. The largest absolute Gasteiger partial charge is 0.456 e. The first-order chi connectivity index (χ1) is 13.0. The zero-order chi connectivity index (χ0) is 19.2. The maximum atomic E-state index is 13.4. The molecule has 1 aliphatic rings. The highest BCUT2D eigenvalue weighted by Crippen LogP contribution is 2.23. The Labute approximate surface area is 156 Å². The second-order valence-electron chi connectivity index (χ2n) is 6.45. The van der Waals surface area contributed by atoms with Crippen molar-refractivity contribution in [2.24, 2.45) is 0 Å². The Bertz CT molecular complexity index is 878. The summed E-state index contributed by atoms with van der Waals surface area (Å²) < 4.78 is 18.3. The van der Waals surface area contributed by atoms with Crippen LogP contribution in [0.25, 0.3) is 0 Å². The average molecular weight is 369 g/mol. The van der Waals surface area contributed by atoms with Crippen LogP contribution in [0, 0.1) is 5.82 Å². The van der Waals surface area contributed by atoms with E-state index < -0.39 is 24.3 Å². The van der Waals surface area contributed by atoms with Crippen LogP contribution in [0.15, 0.2) is 42.5 Å². The van der Waals surface area contributed by atoms with Crippen molar-refractivity contribution >= 4 is 23.3 Å². The first-order valence-electron chi connectivity index (χ1n) is 8.88. The predicted molar refractivity (Wildman–Crippen MR) is 98.0 cm³/mol. The number of nitrogens with one attached hydrogen (secondary N) is 1. The minimum absolute atomic E-state index is 0.0188. The summed E-state index contributed by atoms with van der Waals surface area (Å²) in [6.45, 7) is -0.528. The summed E-state index contributed by atoms with van der Waals surface area (Å²) in [7, 11) is 0. The molecule has 0 radical (unpaired) electrons. The number of Topliss-reactive ketones (excluding diaryl/α,β-unsaturated/α-hetero) is 1. The van der Waals surface area contributed by atoms with Crippen molar-refractivity contribution < 1.29 is 23.5 Å². The molecule has 1 amide bonds. The second kappa shape index (κ2) is 8.58. The number of esters is 1. The molecule has 0 aliphatic heterocycles. The number of para-hydroxylation sites is 1. The highest BCUT2D eigenvalue weighted by Gasteiger charge is 2.16. The van der Waals surface area contributed by atoms with Gasteiger partial charge in [0.1, 0.15) is 5.82 Å². The van der Waals surface area contributed by atoms with E-state index in [1.54, 1.807) is 12.1 Å². The van der Waals surface area contributed by atoms with Crippen molar-refractivity contribution in [3.05, 3.63) is 65.0 Å². The molecule has 3 rings (SSSR count). The van der Waals surface area contributed by atoms with Crippen LogP contribution in [-0.2, 0) is 27.2 Å². The highest BCUT2D eigenvalue weighted by molar-refractivity contribution is 5.98. The van der Waals surface area contributed by atoms with Crippen LogP contribution in [0.1, 0.15) is 40.7 Å². The molecule has 6 heteroatoms. The quantitative estimate of drug-likeness (QED) is 0.599. The topological polar surface area (TPSA) is 72.5 Å². The number of anilines is 1. The molecule has 2 aromatic rings. The number of aryl methyl sites for hydroxylation is 2. The van der Waals surface area contributed by atoms with Crippen LogP contribution in [0.2, 0.25) is 0 Å². The molecule has 0 unspecified atom stereocenters. The van der Waals surface area contributed by atoms with E-state index >= 15 is 0 Å². The molecule has 2 aromatic carbocycles. The number of benzene rings is 2. The molecule has 0 fully saturated rings. The van der Waals surface area contributed by atoms with Gasteiger partial charge < -0.3 is 10.1 Å². The van der Waals surface area contributed by atoms with E-state index in [-0.39, 0.29) is 24.3 Å². The summed E-state index contributed by atoms with van der Waals surface area (Å²) in [5.41, 5.74) is 3.10. The predicted octanol–water partition coefficient (Wildman–Crippen LogP) is 3.46. The maximum absolute atomic E-state index is 13.4. The molecule has 0 spiro atoms. The summed E-state index contributed by atoms with van der Waals surface area (Å²) >= 11 is 0. The molecule has 0 aromatic heterocycles. The smallest absolute Gasteiger partial charge is 0.306 e. The molecule has 0 saturated carbocycles. The SMILES string of the molecule is O=C(COC(=O)CCC(=O)c1ccc2c(c1)CCC2)Nc1ccccc1F. The lowest BCUT2D eigenvalue weighted by molar-refractivity contribution is -0.147. The Morgan fingerprint density at radius 1 is 1.00 bits per heavy atom. The average Bonchev–Trinajstić information content (AvgIpc) is 3.14. The third kappa shape index (κ3) is 5.00. The Morgan fingerprint density at radius 2 is 1.78 bits per heavy atom. The van der Waals surface area contributed by atoms with E-state index in [2.05, 4.69) is 5.32 Å². The number of ketones is 1. The molecular weight excluding hydrogens is 349 g/mol. The lowest BCUT2D eigenvalue weighted by Gasteiger charge is -2.07. The van der Waals surface area contributed by atoms with E-state index in [4.69, 9.17) is 4.74 Å². The van der Waals surface area contributed by atoms with E-state index in [9.17, 15) is 18.8 Å². The monoisotopic (exact) mass is 369 g/mol. The molecule has 1 N–H and O–H groups in total. The van der Waals surface area contributed by atoms with E-state index in [1.165, 1.54) is 29.3 Å². The van der Waals surface area contributed by atoms with Crippen LogP contribution in [-0.4, -0.2) is 24.3 Å². The minimum Gasteiger partial charge on any atom is -0.456 e. The molecule has 27 heavy (non-hydrogen) atoms. The van der Waals surface area contributed by atoms with Crippen molar-refractivity contribution in [3.8, 4) is 0 Å². The number of ether oxygens (including phenoxy) is 1. The summed E-state index contributed by atoms with van der Waals surface area (Å²) in [6, 6.07) is 11.4. The molecule has 0 saturated heterocycles. The normalized spacial score (nSPS) is 12.3. The third-order valence-corrected chi connectivity index (χ3v) is 4.49. The van der Waals surface area contributed by atoms with Gasteiger partial charge in [-0.05, 0) is 48.6 Å². The van der Waals surface area contributed by atoms with E-state index in [1.807, 2.05) is 12.1 Å². The molecule has 0 heterocycles. The summed E-state index contributed by atoms with van der Waals surface area (Å²) in [6.07, 6.45) is 3.05. The van der Waals surface area contributed by atoms with Crippen molar-refractivity contribution in [1.82, 2.24) is 0 Å². The summed E-state index contributed by atoms with van der Waals surface area (Å²) in [4.78, 5) is 35.7.